The molecule has 1 aliphatic rings. The standard InChI is InChI=1S/C29H23NO/c31-29(24-17-9-3-10-18-24)26-21-27(22-13-5-1-6-14-22)30(25-19-11-4-12-20-25)28(26)23-15-7-2-8-16-23/h1-20,27H,21H2/t27-/m1/s1. The number of nitrogens with zero attached hydrogens (tertiary/aromatic N) is 1. The molecule has 1 atom stereocenters. The second-order valence-electron chi connectivity index (χ2n) is 7.72. The average molecular weight is 402 g/mol. The number of anilines is 1. The molecule has 4 aromatic rings. The first-order chi connectivity index (χ1) is 15.3. The van der Waals surface area contributed by atoms with Gasteiger partial charge < -0.3 is 4.90 Å². The summed E-state index contributed by atoms with van der Waals surface area (Å²) < 4.78 is 0. The first-order valence-corrected chi connectivity index (χ1v) is 10.6. The molecule has 1 aliphatic heterocycles. The van der Waals surface area contributed by atoms with Crippen LogP contribution in [0.4, 0.5) is 5.69 Å². The van der Waals surface area contributed by atoms with Crippen molar-refractivity contribution in [2.45, 2.75) is 12.5 Å². The molecule has 31 heavy (non-hydrogen) atoms. The minimum Gasteiger partial charge on any atom is -0.333 e. The summed E-state index contributed by atoms with van der Waals surface area (Å²) in [7, 11) is 0. The molecule has 0 fully saturated rings. The Bertz CT molecular complexity index is 1200. The smallest absolute Gasteiger partial charge is 0.191 e. The van der Waals surface area contributed by atoms with Gasteiger partial charge in [-0.05, 0) is 23.3 Å². The van der Waals surface area contributed by atoms with Gasteiger partial charge in [0.1, 0.15) is 0 Å². The molecule has 0 saturated carbocycles. The Morgan fingerprint density at radius 3 is 1.77 bits per heavy atom. The van der Waals surface area contributed by atoms with Gasteiger partial charge in [0.05, 0.1) is 11.7 Å². The predicted molar refractivity (Wildman–Crippen MR) is 127 cm³/mol. The zero-order valence-electron chi connectivity index (χ0n) is 17.2. The van der Waals surface area contributed by atoms with E-state index in [0.29, 0.717) is 6.42 Å². The van der Waals surface area contributed by atoms with Crippen LogP contribution < -0.4 is 4.90 Å². The quantitative estimate of drug-likeness (QED) is 0.338. The Morgan fingerprint density at radius 2 is 1.16 bits per heavy atom. The number of carbonyl (C=O) groups is 1. The summed E-state index contributed by atoms with van der Waals surface area (Å²) in [5.74, 6) is 0.0961. The van der Waals surface area contributed by atoms with Crippen LogP contribution in [0.5, 0.6) is 0 Å². The summed E-state index contributed by atoms with van der Waals surface area (Å²) in [6, 6.07) is 40.8. The average Bonchev–Trinajstić information content (AvgIpc) is 3.26. The van der Waals surface area contributed by atoms with Gasteiger partial charge >= 0.3 is 0 Å². The minimum atomic E-state index is 0.0569. The van der Waals surface area contributed by atoms with Crippen molar-refractivity contribution in [1.29, 1.82) is 0 Å². The van der Waals surface area contributed by atoms with Gasteiger partial charge in [0.15, 0.2) is 5.78 Å². The zero-order chi connectivity index (χ0) is 21.0. The number of hydrogen-bond acceptors (Lipinski definition) is 2. The predicted octanol–water partition coefficient (Wildman–Crippen LogP) is 6.93. The Morgan fingerprint density at radius 1 is 0.645 bits per heavy atom. The summed E-state index contributed by atoms with van der Waals surface area (Å²) in [5.41, 5.74) is 5.93. The maximum absolute atomic E-state index is 13.7. The SMILES string of the molecule is O=C(C1=C(c2ccccc2)N(c2ccccc2)[C@@H](c2ccccc2)C1)c1ccccc1. The molecule has 2 nitrogen and oxygen atoms in total. The fourth-order valence-corrected chi connectivity index (χ4v) is 4.40. The minimum absolute atomic E-state index is 0.0569. The number of rotatable bonds is 5. The number of carbonyl (C=O) groups excluding carboxylic acids is 1. The highest BCUT2D eigenvalue weighted by Gasteiger charge is 2.37. The normalized spacial score (nSPS) is 15.9. The second kappa shape index (κ2) is 8.45. The van der Waals surface area contributed by atoms with Crippen molar-refractivity contribution < 1.29 is 4.79 Å². The van der Waals surface area contributed by atoms with Gasteiger partial charge in [0.25, 0.3) is 0 Å². The van der Waals surface area contributed by atoms with Crippen molar-refractivity contribution in [3.05, 3.63) is 144 Å². The zero-order valence-corrected chi connectivity index (χ0v) is 17.2. The number of benzene rings is 4. The summed E-state index contributed by atoms with van der Waals surface area (Å²) >= 11 is 0. The van der Waals surface area contributed by atoms with Crippen molar-refractivity contribution in [2.75, 3.05) is 4.90 Å². The maximum Gasteiger partial charge on any atom is 0.191 e. The van der Waals surface area contributed by atoms with Crippen molar-refractivity contribution in [3.63, 3.8) is 0 Å². The van der Waals surface area contributed by atoms with Crippen LogP contribution in [0.15, 0.2) is 127 Å². The van der Waals surface area contributed by atoms with E-state index in [9.17, 15) is 4.79 Å². The summed E-state index contributed by atoms with van der Waals surface area (Å²) in [6.07, 6.45) is 0.664. The molecule has 2 heteroatoms. The highest BCUT2D eigenvalue weighted by atomic mass is 16.1. The third-order valence-electron chi connectivity index (χ3n) is 5.81. The Kier molecular flexibility index (Phi) is 5.20. The number of Topliss-reactive ketones (excluding diaryl/α,β-unsaturated/α-hetero) is 1. The third kappa shape index (κ3) is 3.69. The van der Waals surface area contributed by atoms with Crippen molar-refractivity contribution in [1.82, 2.24) is 0 Å². The third-order valence-corrected chi connectivity index (χ3v) is 5.81. The van der Waals surface area contributed by atoms with Crippen LogP contribution in [0, 0.1) is 0 Å². The lowest BCUT2D eigenvalue weighted by atomic mass is 9.95. The molecule has 1 heterocycles. The number of para-hydroxylation sites is 1. The van der Waals surface area contributed by atoms with Crippen LogP contribution in [-0.4, -0.2) is 5.78 Å². The number of ketones is 1. The highest BCUT2D eigenvalue weighted by molar-refractivity contribution is 6.15. The van der Waals surface area contributed by atoms with Crippen LogP contribution in [0.1, 0.15) is 33.9 Å². The largest absolute Gasteiger partial charge is 0.333 e. The fourth-order valence-electron chi connectivity index (χ4n) is 4.40. The van der Waals surface area contributed by atoms with E-state index in [1.807, 2.05) is 60.7 Å². The molecule has 0 bridgehead atoms. The van der Waals surface area contributed by atoms with Crippen molar-refractivity contribution in [3.8, 4) is 0 Å². The van der Waals surface area contributed by atoms with E-state index in [-0.39, 0.29) is 11.8 Å². The molecule has 4 aromatic carbocycles. The monoisotopic (exact) mass is 401 g/mol. The van der Waals surface area contributed by atoms with E-state index in [4.69, 9.17) is 0 Å². The molecule has 5 rings (SSSR count). The lowest BCUT2D eigenvalue weighted by molar-refractivity contribution is 0.103. The Balaban J connectivity index is 1.72. The molecule has 0 aromatic heterocycles. The maximum atomic E-state index is 13.7. The van der Waals surface area contributed by atoms with Crippen LogP contribution >= 0.6 is 0 Å². The molecule has 0 amide bonds. The van der Waals surface area contributed by atoms with E-state index in [1.54, 1.807) is 0 Å². The molecular weight excluding hydrogens is 378 g/mol. The van der Waals surface area contributed by atoms with E-state index in [2.05, 4.69) is 65.6 Å². The van der Waals surface area contributed by atoms with Gasteiger partial charge in [0, 0.05) is 23.2 Å². The molecule has 0 saturated heterocycles. The molecule has 0 spiro atoms. The lowest BCUT2D eigenvalue weighted by Gasteiger charge is -2.30. The first kappa shape index (κ1) is 19.1. The molecule has 0 N–H and O–H groups in total. The Labute approximate surface area is 183 Å². The fraction of sp³-hybridized carbons (Fsp3) is 0.0690. The van der Waals surface area contributed by atoms with Crippen LogP contribution in [0.3, 0.4) is 0 Å². The van der Waals surface area contributed by atoms with E-state index in [1.165, 1.54) is 5.56 Å². The van der Waals surface area contributed by atoms with Gasteiger partial charge in [-0.25, -0.2) is 0 Å². The van der Waals surface area contributed by atoms with E-state index in [0.717, 1.165) is 28.1 Å². The molecule has 150 valence electrons. The van der Waals surface area contributed by atoms with Crippen molar-refractivity contribution in [2.24, 2.45) is 0 Å². The van der Waals surface area contributed by atoms with Gasteiger partial charge in [-0.1, -0.05) is 109 Å². The van der Waals surface area contributed by atoms with Gasteiger partial charge in [-0.3, -0.25) is 4.79 Å². The molecular formula is C29H23NO. The summed E-state index contributed by atoms with van der Waals surface area (Å²) in [6.45, 7) is 0. The van der Waals surface area contributed by atoms with Crippen LogP contribution in [0.25, 0.3) is 5.70 Å². The van der Waals surface area contributed by atoms with Crippen LogP contribution in [-0.2, 0) is 0 Å². The molecule has 0 aliphatic carbocycles. The Hall–Kier alpha value is -3.91. The van der Waals surface area contributed by atoms with Gasteiger partial charge in [-0.15, -0.1) is 0 Å². The van der Waals surface area contributed by atoms with Crippen LogP contribution in [0.2, 0.25) is 0 Å². The van der Waals surface area contributed by atoms with E-state index < -0.39 is 0 Å². The summed E-state index contributed by atoms with van der Waals surface area (Å²) in [4.78, 5) is 16.0. The topological polar surface area (TPSA) is 20.3 Å². The van der Waals surface area contributed by atoms with Gasteiger partial charge in [-0.2, -0.15) is 0 Å². The van der Waals surface area contributed by atoms with E-state index >= 15 is 0 Å². The first-order valence-electron chi connectivity index (χ1n) is 10.6. The lowest BCUT2D eigenvalue weighted by Crippen LogP contribution is -2.22. The number of hydrogen-bond donors (Lipinski definition) is 0. The highest BCUT2D eigenvalue weighted by Crippen LogP contribution is 2.47. The van der Waals surface area contributed by atoms with Gasteiger partial charge in [0.2, 0.25) is 0 Å². The molecule has 0 radical (unpaired) electrons. The summed E-state index contributed by atoms with van der Waals surface area (Å²) in [5, 5.41) is 0. The van der Waals surface area contributed by atoms with Crippen molar-refractivity contribution >= 4 is 17.2 Å². The molecule has 0 unspecified atom stereocenters. The second-order valence-corrected chi connectivity index (χ2v) is 7.72.